The Hall–Kier alpha value is -3.77. The van der Waals surface area contributed by atoms with Crippen LogP contribution in [0.1, 0.15) is 29.8 Å². The molecule has 0 unspecified atom stereocenters. The number of carbonyl (C=O) groups excluding carboxylic acids is 2. The number of nitrogens with zero attached hydrogens (tertiary/aromatic N) is 3. The van der Waals surface area contributed by atoms with Crippen molar-refractivity contribution in [2.24, 2.45) is 0 Å². The van der Waals surface area contributed by atoms with Crippen molar-refractivity contribution in [3.63, 3.8) is 0 Å². The Morgan fingerprint density at radius 1 is 1.05 bits per heavy atom. The van der Waals surface area contributed by atoms with Gasteiger partial charge in [0.25, 0.3) is 5.91 Å². The lowest BCUT2D eigenvalue weighted by Gasteiger charge is -2.27. The number of hydrogen-bond donors (Lipinski definition) is 1. The molecule has 4 rings (SSSR count). The monoisotopic (exact) mass is 560 g/mol. The van der Waals surface area contributed by atoms with Crippen LogP contribution >= 0.6 is 11.8 Å². The van der Waals surface area contributed by atoms with Crippen LogP contribution in [0.15, 0.2) is 65.7 Å². The Morgan fingerprint density at radius 3 is 2.28 bits per heavy atom. The van der Waals surface area contributed by atoms with E-state index in [0.717, 1.165) is 5.56 Å². The van der Waals surface area contributed by atoms with E-state index in [0.29, 0.717) is 35.1 Å². The summed E-state index contributed by atoms with van der Waals surface area (Å²) in [5.74, 6) is 0.707. The van der Waals surface area contributed by atoms with E-state index in [4.69, 9.17) is 9.47 Å². The molecule has 206 valence electrons. The van der Waals surface area contributed by atoms with Crippen LogP contribution in [0.5, 0.6) is 11.5 Å². The number of rotatable bonds is 8. The first-order valence-corrected chi connectivity index (χ1v) is 12.6. The number of alkyl halides is 3. The molecule has 1 aliphatic heterocycles. The number of aromatic nitrogens is 1. The van der Waals surface area contributed by atoms with Crippen LogP contribution in [0, 0.1) is 0 Å². The van der Waals surface area contributed by atoms with E-state index >= 15 is 0 Å². The number of methoxy groups -OCH3 is 2. The Balaban J connectivity index is 1.47. The van der Waals surface area contributed by atoms with Gasteiger partial charge in [0.2, 0.25) is 5.91 Å². The highest BCUT2D eigenvalue weighted by molar-refractivity contribution is 8.00. The number of nitrogens with one attached hydrogen (secondary N) is 1. The summed E-state index contributed by atoms with van der Waals surface area (Å²) in [5.41, 5.74) is -3.60. The van der Waals surface area contributed by atoms with E-state index < -0.39 is 17.0 Å². The molecule has 1 fully saturated rings. The average molecular weight is 561 g/mol. The van der Waals surface area contributed by atoms with Crippen LogP contribution in [-0.2, 0) is 11.3 Å². The molecule has 0 atom stereocenters. The Labute approximate surface area is 228 Å². The zero-order valence-electron chi connectivity index (χ0n) is 21.7. The summed E-state index contributed by atoms with van der Waals surface area (Å²) in [5, 5.41) is 2.77. The van der Waals surface area contributed by atoms with Crippen molar-refractivity contribution in [3.8, 4) is 11.5 Å². The van der Waals surface area contributed by atoms with Crippen LogP contribution in [0.2, 0.25) is 0 Å². The van der Waals surface area contributed by atoms with E-state index in [1.165, 1.54) is 38.5 Å². The number of halogens is 3. The van der Waals surface area contributed by atoms with Crippen LogP contribution in [-0.4, -0.2) is 53.6 Å². The molecule has 2 amide bonds. The van der Waals surface area contributed by atoms with Gasteiger partial charge in [-0.15, -0.1) is 0 Å². The summed E-state index contributed by atoms with van der Waals surface area (Å²) >= 11 is -0.200. The fourth-order valence-electron chi connectivity index (χ4n) is 4.14. The number of ether oxygens (including phenoxy) is 2. The minimum atomic E-state index is -4.38. The average Bonchev–Trinajstić information content (AvgIpc) is 3.11. The van der Waals surface area contributed by atoms with Gasteiger partial charge in [-0.1, -0.05) is 0 Å². The van der Waals surface area contributed by atoms with Crippen LogP contribution in [0.4, 0.5) is 24.7 Å². The van der Waals surface area contributed by atoms with Crippen molar-refractivity contribution in [1.29, 1.82) is 0 Å². The SMILES string of the molecule is COc1cc(OC)cc(C(=O)Nc2cc(CN3CN(c4ccc(SC(F)(F)F)cc4)C(=O)C3(C)C)ccn2)c1. The number of anilines is 2. The first-order valence-electron chi connectivity index (χ1n) is 11.8. The standard InChI is InChI=1S/C27H27F3N4O4S/c1-26(2)25(36)34(19-5-7-22(8-6-19)39-27(28,29)30)16-33(26)15-17-9-10-31-23(11-17)32-24(35)18-12-20(37-3)14-21(13-18)38-4/h5-14H,15-16H2,1-4H3,(H,31,32,35). The number of amides is 2. The lowest BCUT2D eigenvalue weighted by molar-refractivity contribution is -0.123. The van der Waals surface area contributed by atoms with Gasteiger partial charge in [0.05, 0.1) is 26.4 Å². The van der Waals surface area contributed by atoms with Gasteiger partial charge >= 0.3 is 5.51 Å². The van der Waals surface area contributed by atoms with Gasteiger partial charge < -0.3 is 14.8 Å². The molecule has 0 aliphatic carbocycles. The van der Waals surface area contributed by atoms with E-state index in [1.54, 1.807) is 55.3 Å². The molecule has 39 heavy (non-hydrogen) atoms. The summed E-state index contributed by atoms with van der Waals surface area (Å²) in [4.78, 5) is 33.9. The fourth-order valence-corrected chi connectivity index (χ4v) is 4.68. The quantitative estimate of drug-likeness (QED) is 0.362. The Kier molecular flexibility index (Phi) is 8.07. The van der Waals surface area contributed by atoms with E-state index in [9.17, 15) is 22.8 Å². The summed E-state index contributed by atoms with van der Waals surface area (Å²) in [6, 6.07) is 14.1. The molecule has 8 nitrogen and oxygen atoms in total. The third-order valence-corrected chi connectivity index (χ3v) is 7.05. The Bertz CT molecular complexity index is 1340. The number of carbonyl (C=O) groups is 2. The highest BCUT2D eigenvalue weighted by Gasteiger charge is 2.45. The molecule has 0 saturated carbocycles. The molecule has 12 heteroatoms. The molecule has 1 saturated heterocycles. The third-order valence-electron chi connectivity index (χ3n) is 6.31. The van der Waals surface area contributed by atoms with Gasteiger partial charge in [0, 0.05) is 35.0 Å². The number of benzene rings is 2. The second kappa shape index (κ2) is 11.1. The highest BCUT2D eigenvalue weighted by atomic mass is 32.2. The first-order chi connectivity index (χ1) is 18.4. The van der Waals surface area contributed by atoms with E-state index in [-0.39, 0.29) is 29.2 Å². The summed E-state index contributed by atoms with van der Waals surface area (Å²) in [6.45, 7) is 4.20. The largest absolute Gasteiger partial charge is 0.497 e. The summed E-state index contributed by atoms with van der Waals surface area (Å²) < 4.78 is 48.4. The minimum absolute atomic E-state index is 0.0489. The second-order valence-electron chi connectivity index (χ2n) is 9.28. The van der Waals surface area contributed by atoms with Crippen molar-refractivity contribution < 1.29 is 32.2 Å². The van der Waals surface area contributed by atoms with Crippen LogP contribution in [0.25, 0.3) is 0 Å². The van der Waals surface area contributed by atoms with Gasteiger partial charge in [-0.3, -0.25) is 19.4 Å². The lowest BCUT2D eigenvalue weighted by atomic mass is 10.0. The van der Waals surface area contributed by atoms with E-state index in [1.807, 2.05) is 4.90 Å². The normalized spacial score (nSPS) is 15.4. The maximum absolute atomic E-state index is 13.2. The molecule has 2 aromatic carbocycles. The minimum Gasteiger partial charge on any atom is -0.497 e. The number of hydrogen-bond acceptors (Lipinski definition) is 7. The summed E-state index contributed by atoms with van der Waals surface area (Å²) in [7, 11) is 2.99. The van der Waals surface area contributed by atoms with Crippen LogP contribution < -0.4 is 19.7 Å². The summed E-state index contributed by atoms with van der Waals surface area (Å²) in [6.07, 6.45) is 1.57. The molecule has 3 aromatic rings. The molecule has 0 spiro atoms. The highest BCUT2D eigenvalue weighted by Crippen LogP contribution is 2.38. The zero-order valence-corrected chi connectivity index (χ0v) is 22.5. The zero-order chi connectivity index (χ0) is 28.4. The number of thioether (sulfide) groups is 1. The molecule has 0 bridgehead atoms. The van der Waals surface area contributed by atoms with Gasteiger partial charge in [-0.05, 0) is 79.7 Å². The Morgan fingerprint density at radius 2 is 1.69 bits per heavy atom. The molecule has 1 aliphatic rings. The number of pyridine rings is 1. The lowest BCUT2D eigenvalue weighted by Crippen LogP contribution is -2.43. The van der Waals surface area contributed by atoms with Gasteiger partial charge in [-0.2, -0.15) is 13.2 Å². The van der Waals surface area contributed by atoms with Gasteiger partial charge in [0.15, 0.2) is 0 Å². The van der Waals surface area contributed by atoms with Crippen molar-refractivity contribution in [1.82, 2.24) is 9.88 Å². The molecule has 0 radical (unpaired) electrons. The van der Waals surface area contributed by atoms with Crippen molar-refractivity contribution in [3.05, 3.63) is 71.9 Å². The molecular weight excluding hydrogens is 533 g/mol. The molecule has 1 N–H and O–H groups in total. The predicted octanol–water partition coefficient (Wildman–Crippen LogP) is 5.55. The molecular formula is C27H27F3N4O4S. The maximum atomic E-state index is 13.2. The van der Waals surface area contributed by atoms with E-state index in [2.05, 4.69) is 10.3 Å². The molecule has 2 heterocycles. The third kappa shape index (κ3) is 6.63. The predicted molar refractivity (Wildman–Crippen MR) is 142 cm³/mol. The van der Waals surface area contributed by atoms with Crippen molar-refractivity contribution in [2.75, 3.05) is 31.1 Å². The van der Waals surface area contributed by atoms with Crippen molar-refractivity contribution in [2.45, 2.75) is 36.3 Å². The van der Waals surface area contributed by atoms with Gasteiger partial charge in [0.1, 0.15) is 17.3 Å². The topological polar surface area (TPSA) is 84.0 Å². The maximum Gasteiger partial charge on any atom is 0.446 e. The van der Waals surface area contributed by atoms with Crippen molar-refractivity contribution >= 4 is 35.1 Å². The second-order valence-corrected chi connectivity index (χ2v) is 10.4. The first kappa shape index (κ1) is 28.2. The van der Waals surface area contributed by atoms with Crippen LogP contribution in [0.3, 0.4) is 0 Å². The molecule has 1 aromatic heterocycles. The fraction of sp³-hybridized carbons (Fsp3) is 0.296. The smallest absolute Gasteiger partial charge is 0.446 e. The van der Waals surface area contributed by atoms with Gasteiger partial charge in [-0.25, -0.2) is 4.98 Å².